The summed E-state index contributed by atoms with van der Waals surface area (Å²) >= 11 is 0. The van der Waals surface area contributed by atoms with Gasteiger partial charge in [-0.2, -0.15) is 0 Å². The van der Waals surface area contributed by atoms with Gasteiger partial charge in [-0.3, -0.25) is 0 Å². The van der Waals surface area contributed by atoms with Gasteiger partial charge in [-0.25, -0.2) is 0 Å². The van der Waals surface area contributed by atoms with E-state index in [2.05, 4.69) is 34.5 Å². The van der Waals surface area contributed by atoms with Crippen LogP contribution in [-0.2, 0) is 6.42 Å². The monoisotopic (exact) mass is 246 g/mol. The van der Waals surface area contributed by atoms with E-state index < -0.39 is 0 Å². The Balaban J connectivity index is 1.70. The van der Waals surface area contributed by atoms with Gasteiger partial charge in [0.1, 0.15) is 0 Å². The molecule has 2 N–H and O–H groups in total. The van der Waals surface area contributed by atoms with Crippen LogP contribution in [-0.4, -0.2) is 36.9 Å². The number of β-amino-alcohol motifs (C(OH)–C–C–N with tert-alkyl or cyclic N) is 1. The summed E-state index contributed by atoms with van der Waals surface area (Å²) in [6.45, 7) is 2.88. The van der Waals surface area contributed by atoms with Crippen LogP contribution in [0, 0.1) is 0 Å². The maximum absolute atomic E-state index is 10.3. The van der Waals surface area contributed by atoms with Crippen LogP contribution in [0.15, 0.2) is 24.3 Å². The van der Waals surface area contributed by atoms with E-state index in [9.17, 15) is 5.11 Å². The fraction of sp³-hybridized carbons (Fsp3) is 0.600. The number of rotatable bonds is 3. The van der Waals surface area contributed by atoms with E-state index in [1.807, 2.05) is 0 Å². The number of para-hydroxylation sites is 1. The second kappa shape index (κ2) is 5.29. The van der Waals surface area contributed by atoms with Crippen LogP contribution in [0.4, 0.5) is 5.69 Å². The topological polar surface area (TPSA) is 35.5 Å². The van der Waals surface area contributed by atoms with Gasteiger partial charge < -0.3 is 15.3 Å². The highest BCUT2D eigenvalue weighted by Crippen LogP contribution is 2.27. The van der Waals surface area contributed by atoms with Crippen LogP contribution in [0.1, 0.15) is 24.8 Å². The van der Waals surface area contributed by atoms with Gasteiger partial charge in [0, 0.05) is 24.8 Å². The Morgan fingerprint density at radius 2 is 2.22 bits per heavy atom. The van der Waals surface area contributed by atoms with Crippen LogP contribution in [0.2, 0.25) is 0 Å². The highest BCUT2D eigenvalue weighted by atomic mass is 16.3. The third-order valence-electron chi connectivity index (χ3n) is 4.18. The molecule has 0 saturated carbocycles. The van der Waals surface area contributed by atoms with Crippen molar-refractivity contribution in [2.75, 3.05) is 24.5 Å². The molecule has 3 rings (SSSR count). The highest BCUT2D eigenvalue weighted by molar-refractivity contribution is 5.55. The van der Waals surface area contributed by atoms with Crippen LogP contribution < -0.4 is 10.2 Å². The second-order valence-electron chi connectivity index (χ2n) is 5.45. The molecule has 1 aromatic carbocycles. The van der Waals surface area contributed by atoms with E-state index in [1.165, 1.54) is 30.5 Å². The molecule has 2 unspecified atom stereocenters. The molecule has 3 nitrogen and oxygen atoms in total. The largest absolute Gasteiger partial charge is 0.390 e. The molecule has 0 amide bonds. The molecule has 18 heavy (non-hydrogen) atoms. The molecule has 1 saturated heterocycles. The number of aryl methyl sites for hydroxylation is 1. The van der Waals surface area contributed by atoms with Crippen LogP contribution in [0.3, 0.4) is 0 Å². The lowest BCUT2D eigenvalue weighted by molar-refractivity contribution is 0.140. The first-order chi connectivity index (χ1) is 8.84. The zero-order valence-corrected chi connectivity index (χ0v) is 10.8. The fourth-order valence-corrected chi connectivity index (χ4v) is 3.19. The number of aliphatic hydroxyl groups excluding tert-OH is 1. The SMILES string of the molecule is OC(CN1CCCc2ccccc21)C1CCCN1. The minimum absolute atomic E-state index is 0.251. The van der Waals surface area contributed by atoms with E-state index in [0.717, 1.165) is 26.1 Å². The van der Waals surface area contributed by atoms with Crippen molar-refractivity contribution >= 4 is 5.69 Å². The van der Waals surface area contributed by atoms with Crippen molar-refractivity contribution in [3.8, 4) is 0 Å². The summed E-state index contributed by atoms with van der Waals surface area (Å²) in [5, 5.41) is 13.7. The maximum Gasteiger partial charge on any atom is 0.0867 e. The number of fused-ring (bicyclic) bond motifs is 1. The molecule has 2 aliphatic rings. The molecule has 0 bridgehead atoms. The lowest BCUT2D eigenvalue weighted by atomic mass is 10.0. The predicted molar refractivity (Wildman–Crippen MR) is 74.0 cm³/mol. The summed E-state index contributed by atoms with van der Waals surface area (Å²) < 4.78 is 0. The quantitative estimate of drug-likeness (QED) is 0.849. The van der Waals surface area contributed by atoms with Crippen molar-refractivity contribution in [3.63, 3.8) is 0 Å². The van der Waals surface area contributed by atoms with Gasteiger partial charge in [0.25, 0.3) is 0 Å². The van der Waals surface area contributed by atoms with Crippen molar-refractivity contribution in [3.05, 3.63) is 29.8 Å². The minimum atomic E-state index is -0.251. The van der Waals surface area contributed by atoms with Crippen molar-refractivity contribution < 1.29 is 5.11 Å². The van der Waals surface area contributed by atoms with Crippen molar-refractivity contribution in [2.45, 2.75) is 37.8 Å². The van der Waals surface area contributed by atoms with Crippen molar-refractivity contribution in [1.82, 2.24) is 5.32 Å². The van der Waals surface area contributed by atoms with Gasteiger partial charge in [-0.15, -0.1) is 0 Å². The maximum atomic E-state index is 10.3. The van der Waals surface area contributed by atoms with Crippen molar-refractivity contribution in [2.24, 2.45) is 0 Å². The lowest BCUT2D eigenvalue weighted by Crippen LogP contribution is -2.44. The average molecular weight is 246 g/mol. The summed E-state index contributed by atoms with van der Waals surface area (Å²) in [6, 6.07) is 8.89. The molecular formula is C15H22N2O. The molecule has 0 aliphatic carbocycles. The Bertz CT molecular complexity index is 401. The van der Waals surface area contributed by atoms with Gasteiger partial charge in [-0.1, -0.05) is 18.2 Å². The van der Waals surface area contributed by atoms with Crippen LogP contribution in [0.5, 0.6) is 0 Å². The number of hydrogen-bond acceptors (Lipinski definition) is 3. The second-order valence-corrected chi connectivity index (χ2v) is 5.45. The Labute approximate surface area is 109 Å². The van der Waals surface area contributed by atoms with Gasteiger partial charge in [0.05, 0.1) is 6.10 Å². The van der Waals surface area contributed by atoms with E-state index in [-0.39, 0.29) is 6.10 Å². The minimum Gasteiger partial charge on any atom is -0.390 e. The standard InChI is InChI=1S/C15H22N2O/c18-15(13-7-3-9-16-13)11-17-10-4-6-12-5-1-2-8-14(12)17/h1-2,5,8,13,15-16,18H,3-4,6-7,9-11H2. The summed E-state index contributed by atoms with van der Waals surface area (Å²) in [6.07, 6.45) is 4.42. The Morgan fingerprint density at radius 1 is 1.33 bits per heavy atom. The van der Waals surface area contributed by atoms with Crippen LogP contribution >= 0.6 is 0 Å². The Hall–Kier alpha value is -1.06. The molecular weight excluding hydrogens is 224 g/mol. The van der Waals surface area contributed by atoms with Crippen molar-refractivity contribution in [1.29, 1.82) is 0 Å². The lowest BCUT2D eigenvalue weighted by Gasteiger charge is -2.34. The Morgan fingerprint density at radius 3 is 3.06 bits per heavy atom. The first kappa shape index (κ1) is 12.0. The average Bonchev–Trinajstić information content (AvgIpc) is 2.93. The summed E-state index contributed by atoms with van der Waals surface area (Å²) in [7, 11) is 0. The predicted octanol–water partition coefficient (Wildman–Crippen LogP) is 1.55. The van der Waals surface area contributed by atoms with E-state index in [4.69, 9.17) is 0 Å². The van der Waals surface area contributed by atoms with Gasteiger partial charge in [0.15, 0.2) is 0 Å². The number of benzene rings is 1. The smallest absolute Gasteiger partial charge is 0.0867 e. The highest BCUT2D eigenvalue weighted by Gasteiger charge is 2.26. The number of nitrogens with one attached hydrogen (secondary N) is 1. The summed E-state index contributed by atoms with van der Waals surface area (Å²) in [5.41, 5.74) is 2.75. The van der Waals surface area contributed by atoms with E-state index >= 15 is 0 Å². The molecule has 1 aromatic rings. The van der Waals surface area contributed by atoms with E-state index in [0.29, 0.717) is 6.04 Å². The van der Waals surface area contributed by atoms with Gasteiger partial charge in [-0.05, 0) is 43.9 Å². The number of nitrogens with zero attached hydrogens (tertiary/aromatic N) is 1. The molecule has 2 atom stereocenters. The molecule has 0 aromatic heterocycles. The third-order valence-corrected chi connectivity index (χ3v) is 4.18. The molecule has 0 radical (unpaired) electrons. The summed E-state index contributed by atoms with van der Waals surface area (Å²) in [4.78, 5) is 2.35. The fourth-order valence-electron chi connectivity index (χ4n) is 3.19. The van der Waals surface area contributed by atoms with Gasteiger partial charge >= 0.3 is 0 Å². The number of hydrogen-bond donors (Lipinski definition) is 2. The zero-order chi connectivity index (χ0) is 12.4. The summed E-state index contributed by atoms with van der Waals surface area (Å²) in [5.74, 6) is 0. The first-order valence-electron chi connectivity index (χ1n) is 7.09. The third kappa shape index (κ3) is 2.38. The molecule has 1 fully saturated rings. The molecule has 2 heterocycles. The normalized spacial score (nSPS) is 24.9. The molecule has 2 aliphatic heterocycles. The molecule has 98 valence electrons. The Kier molecular flexibility index (Phi) is 3.52. The first-order valence-corrected chi connectivity index (χ1v) is 7.09. The molecule has 3 heteroatoms. The number of anilines is 1. The zero-order valence-electron chi connectivity index (χ0n) is 10.8. The van der Waals surface area contributed by atoms with Gasteiger partial charge in [0.2, 0.25) is 0 Å². The number of aliphatic hydroxyl groups is 1. The molecule has 0 spiro atoms. The van der Waals surface area contributed by atoms with Crippen LogP contribution in [0.25, 0.3) is 0 Å². The van der Waals surface area contributed by atoms with E-state index in [1.54, 1.807) is 0 Å².